The number of nitrogens with one attached hydrogen (secondary N) is 2. The van der Waals surface area contributed by atoms with Crippen LogP contribution in [0.5, 0.6) is 0 Å². The summed E-state index contributed by atoms with van der Waals surface area (Å²) < 4.78 is 1.82. The molecule has 24 heavy (non-hydrogen) atoms. The van der Waals surface area contributed by atoms with E-state index in [0.717, 1.165) is 18.4 Å². The smallest absolute Gasteiger partial charge is 0.283 e. The van der Waals surface area contributed by atoms with Crippen LogP contribution in [-0.4, -0.2) is 22.2 Å². The molecule has 0 aliphatic heterocycles. The molecule has 0 aliphatic rings. The first-order chi connectivity index (χ1) is 11.6. The number of carbonyl (C=O) groups is 1. The molecule has 2 aromatic rings. The van der Waals surface area contributed by atoms with Crippen molar-refractivity contribution in [1.82, 2.24) is 15.1 Å². The van der Waals surface area contributed by atoms with Crippen molar-refractivity contribution in [2.45, 2.75) is 32.9 Å². The lowest BCUT2D eigenvalue weighted by molar-refractivity contribution is -0.119. The third-order valence-electron chi connectivity index (χ3n) is 3.48. The van der Waals surface area contributed by atoms with Gasteiger partial charge >= 0.3 is 0 Å². The van der Waals surface area contributed by atoms with Crippen LogP contribution in [0.2, 0.25) is 0 Å². The van der Waals surface area contributed by atoms with Crippen LogP contribution in [0, 0.1) is 0 Å². The van der Waals surface area contributed by atoms with Gasteiger partial charge in [-0.15, -0.1) is 0 Å². The zero-order valence-corrected chi connectivity index (χ0v) is 15.2. The van der Waals surface area contributed by atoms with Crippen molar-refractivity contribution in [3.8, 4) is 0 Å². The Morgan fingerprint density at radius 2 is 2.04 bits per heavy atom. The van der Waals surface area contributed by atoms with Gasteiger partial charge in [0, 0.05) is 13.1 Å². The van der Waals surface area contributed by atoms with Gasteiger partial charge in [0.25, 0.3) is 5.56 Å². The predicted molar refractivity (Wildman–Crippen MR) is 97.9 cm³/mol. The van der Waals surface area contributed by atoms with Crippen LogP contribution in [0.4, 0.5) is 5.69 Å². The van der Waals surface area contributed by atoms with E-state index in [1.54, 1.807) is 6.20 Å². The highest BCUT2D eigenvalue weighted by Gasteiger charge is 2.09. The number of unbranched alkanes of at least 4 members (excludes halogenated alkanes) is 1. The monoisotopic (exact) mass is 392 g/mol. The van der Waals surface area contributed by atoms with Crippen LogP contribution >= 0.6 is 15.9 Å². The van der Waals surface area contributed by atoms with E-state index in [-0.39, 0.29) is 18.0 Å². The fraction of sp³-hybridized carbons (Fsp3) is 0.353. The first-order valence-corrected chi connectivity index (χ1v) is 8.71. The number of amides is 1. The first-order valence-electron chi connectivity index (χ1n) is 7.92. The number of anilines is 1. The summed E-state index contributed by atoms with van der Waals surface area (Å²) in [5, 5.41) is 9.89. The molecule has 7 heteroatoms. The second kappa shape index (κ2) is 9.22. The Morgan fingerprint density at radius 1 is 1.29 bits per heavy atom. The molecule has 2 rings (SSSR count). The van der Waals surface area contributed by atoms with Crippen LogP contribution in [0.25, 0.3) is 0 Å². The topological polar surface area (TPSA) is 76.0 Å². The fourth-order valence-electron chi connectivity index (χ4n) is 2.09. The molecule has 0 bridgehead atoms. The number of hydrogen-bond donors (Lipinski definition) is 2. The van der Waals surface area contributed by atoms with Gasteiger partial charge in [0.05, 0.1) is 18.4 Å². The lowest BCUT2D eigenvalue weighted by Gasteiger charge is -2.10. The number of nitrogens with zero attached hydrogens (tertiary/aromatic N) is 2. The molecule has 2 N–H and O–H groups in total. The van der Waals surface area contributed by atoms with Crippen LogP contribution in [0.1, 0.15) is 25.3 Å². The van der Waals surface area contributed by atoms with Crippen LogP contribution in [0.3, 0.4) is 0 Å². The quantitative estimate of drug-likeness (QED) is 0.723. The Morgan fingerprint density at radius 3 is 2.75 bits per heavy atom. The van der Waals surface area contributed by atoms with Crippen molar-refractivity contribution in [2.75, 3.05) is 11.9 Å². The molecule has 1 aromatic carbocycles. The zero-order valence-electron chi connectivity index (χ0n) is 13.6. The summed E-state index contributed by atoms with van der Waals surface area (Å²) in [4.78, 5) is 24.1. The van der Waals surface area contributed by atoms with E-state index >= 15 is 0 Å². The zero-order chi connectivity index (χ0) is 17.4. The molecule has 1 aromatic heterocycles. The maximum Gasteiger partial charge on any atom is 0.283 e. The molecule has 0 radical (unpaired) electrons. The third-order valence-corrected chi connectivity index (χ3v) is 4.25. The van der Waals surface area contributed by atoms with E-state index in [0.29, 0.717) is 23.2 Å². The molecule has 6 nitrogen and oxygen atoms in total. The molecule has 128 valence electrons. The van der Waals surface area contributed by atoms with Crippen molar-refractivity contribution in [2.24, 2.45) is 0 Å². The highest BCUT2D eigenvalue weighted by Crippen LogP contribution is 2.15. The highest BCUT2D eigenvalue weighted by atomic mass is 79.9. The molecule has 1 amide bonds. The van der Waals surface area contributed by atoms with Crippen molar-refractivity contribution in [1.29, 1.82) is 0 Å². The maximum absolute atomic E-state index is 12.2. The van der Waals surface area contributed by atoms with Crippen molar-refractivity contribution in [3.05, 3.63) is 56.9 Å². The largest absolute Gasteiger partial charge is 0.374 e. The van der Waals surface area contributed by atoms with E-state index in [1.807, 2.05) is 30.3 Å². The van der Waals surface area contributed by atoms with Gasteiger partial charge in [-0.1, -0.05) is 43.7 Å². The summed E-state index contributed by atoms with van der Waals surface area (Å²) in [5.74, 6) is -0.152. The van der Waals surface area contributed by atoms with Gasteiger partial charge in [-0.2, -0.15) is 5.10 Å². The minimum atomic E-state index is -0.196. The van der Waals surface area contributed by atoms with Gasteiger partial charge in [0.15, 0.2) is 0 Å². The summed E-state index contributed by atoms with van der Waals surface area (Å²) in [6.45, 7) is 3.20. The van der Waals surface area contributed by atoms with E-state index in [4.69, 9.17) is 0 Å². The number of aryl methyl sites for hydroxylation is 1. The summed E-state index contributed by atoms with van der Waals surface area (Å²) >= 11 is 3.28. The Kier molecular flexibility index (Phi) is 6.99. The molecular formula is C17H21BrN4O2. The fourth-order valence-corrected chi connectivity index (χ4v) is 2.54. The van der Waals surface area contributed by atoms with Crippen LogP contribution in [-0.2, 0) is 17.9 Å². The molecule has 0 unspecified atom stereocenters. The summed E-state index contributed by atoms with van der Waals surface area (Å²) in [6, 6.07) is 9.68. The Hall–Kier alpha value is -2.15. The predicted octanol–water partition coefficient (Wildman–Crippen LogP) is 2.53. The third kappa shape index (κ3) is 5.19. The van der Waals surface area contributed by atoms with Gasteiger partial charge in [0.2, 0.25) is 5.91 Å². The minimum absolute atomic E-state index is 0.0749. The summed E-state index contributed by atoms with van der Waals surface area (Å²) in [5.41, 5.74) is 1.35. The second-order valence-electron chi connectivity index (χ2n) is 5.37. The normalized spacial score (nSPS) is 10.4. The number of carbonyl (C=O) groups excluding carboxylic acids is 1. The summed E-state index contributed by atoms with van der Waals surface area (Å²) in [6.07, 6.45) is 3.45. The van der Waals surface area contributed by atoms with Gasteiger partial charge in [-0.3, -0.25) is 9.59 Å². The van der Waals surface area contributed by atoms with Crippen molar-refractivity contribution in [3.63, 3.8) is 0 Å². The maximum atomic E-state index is 12.2. The number of hydrogen-bond acceptors (Lipinski definition) is 4. The molecule has 0 saturated carbocycles. The van der Waals surface area contributed by atoms with E-state index < -0.39 is 0 Å². The standard InChI is InChI=1S/C17H21BrN4O2/c1-2-3-9-22-17(24)16(18)14(11-21-22)19-12-15(23)20-10-13-7-5-4-6-8-13/h4-8,11,19H,2-3,9-10,12H2,1H3,(H,20,23). The molecule has 0 aliphatic carbocycles. The summed E-state index contributed by atoms with van der Waals surface area (Å²) in [7, 11) is 0. The van der Waals surface area contributed by atoms with Crippen LogP contribution < -0.4 is 16.2 Å². The second-order valence-corrected chi connectivity index (χ2v) is 6.16. The van der Waals surface area contributed by atoms with Crippen LogP contribution in [0.15, 0.2) is 45.8 Å². The molecular weight excluding hydrogens is 372 g/mol. The van der Waals surface area contributed by atoms with Gasteiger partial charge < -0.3 is 10.6 Å². The Labute approximate surface area is 149 Å². The van der Waals surface area contributed by atoms with E-state index in [9.17, 15) is 9.59 Å². The number of aromatic nitrogens is 2. The van der Waals surface area contributed by atoms with E-state index in [2.05, 4.69) is 38.6 Å². The number of rotatable bonds is 8. The molecule has 0 spiro atoms. The van der Waals surface area contributed by atoms with Crippen molar-refractivity contribution < 1.29 is 4.79 Å². The Bertz CT molecular complexity index is 731. The van der Waals surface area contributed by atoms with Crippen molar-refractivity contribution >= 4 is 27.5 Å². The van der Waals surface area contributed by atoms with E-state index in [1.165, 1.54) is 4.68 Å². The minimum Gasteiger partial charge on any atom is -0.374 e. The molecule has 0 atom stereocenters. The average Bonchev–Trinajstić information content (AvgIpc) is 2.61. The van der Waals surface area contributed by atoms with Gasteiger partial charge in [0.1, 0.15) is 4.47 Å². The molecule has 0 saturated heterocycles. The first kappa shape index (κ1) is 18.2. The molecule has 0 fully saturated rings. The highest BCUT2D eigenvalue weighted by molar-refractivity contribution is 9.10. The SMILES string of the molecule is CCCCn1ncc(NCC(=O)NCc2ccccc2)c(Br)c1=O. The lowest BCUT2D eigenvalue weighted by Crippen LogP contribution is -2.30. The van der Waals surface area contributed by atoms with Gasteiger partial charge in [-0.05, 0) is 27.9 Å². The number of benzene rings is 1. The average molecular weight is 393 g/mol. The lowest BCUT2D eigenvalue weighted by atomic mass is 10.2. The number of halogens is 1. The Balaban J connectivity index is 1.88. The van der Waals surface area contributed by atoms with Gasteiger partial charge in [-0.25, -0.2) is 4.68 Å². The molecule has 1 heterocycles.